The Balaban J connectivity index is 2.00. The molecule has 1 saturated heterocycles. The third-order valence-electron chi connectivity index (χ3n) is 3.05. The predicted octanol–water partition coefficient (Wildman–Crippen LogP) is 0.617. The number of amides is 1. The zero-order chi connectivity index (χ0) is 12.4. The highest BCUT2D eigenvalue weighted by molar-refractivity contribution is 6.36. The number of carboxylic acid groups (broad SMARTS) is 1. The molecule has 0 spiro atoms. The van der Waals surface area contributed by atoms with Gasteiger partial charge in [0.15, 0.2) is 0 Å². The number of hydrazone groups is 1. The maximum absolute atomic E-state index is 11.6. The second-order valence-corrected chi connectivity index (χ2v) is 4.47. The molecule has 0 bridgehead atoms. The fourth-order valence-corrected chi connectivity index (χ4v) is 2.11. The molecule has 1 amide bonds. The molecule has 0 radical (unpaired) electrons. The Morgan fingerprint density at radius 2 is 2.29 bits per heavy atom. The Morgan fingerprint density at radius 3 is 2.88 bits per heavy atom. The van der Waals surface area contributed by atoms with Crippen LogP contribution >= 0.6 is 0 Å². The molecular weight excluding hydrogens is 224 g/mol. The molecule has 0 aromatic heterocycles. The summed E-state index contributed by atoms with van der Waals surface area (Å²) in [5.74, 6) is -1.18. The Bertz CT molecular complexity index is 366. The van der Waals surface area contributed by atoms with E-state index in [1.165, 1.54) is 5.01 Å². The van der Waals surface area contributed by atoms with Crippen molar-refractivity contribution in [1.29, 1.82) is 0 Å². The lowest BCUT2D eigenvalue weighted by Gasteiger charge is -2.24. The molecule has 6 heteroatoms. The lowest BCUT2D eigenvalue weighted by atomic mass is 10.1. The third-order valence-corrected chi connectivity index (χ3v) is 3.05. The first-order valence-electron chi connectivity index (χ1n) is 5.83. The molecule has 2 heterocycles. The normalized spacial score (nSPS) is 29.4. The van der Waals surface area contributed by atoms with Gasteiger partial charge in [0.05, 0.1) is 18.8 Å². The number of aliphatic carboxylic acids is 1. The van der Waals surface area contributed by atoms with Crippen molar-refractivity contribution in [2.24, 2.45) is 5.10 Å². The Kier molecular flexibility index (Phi) is 3.42. The average Bonchev–Trinajstić information content (AvgIpc) is 2.67. The van der Waals surface area contributed by atoms with Crippen LogP contribution in [0, 0.1) is 0 Å². The predicted molar refractivity (Wildman–Crippen MR) is 59.6 cm³/mol. The third kappa shape index (κ3) is 2.82. The Hall–Kier alpha value is -1.43. The van der Waals surface area contributed by atoms with Crippen LogP contribution in [0.1, 0.15) is 32.6 Å². The number of ether oxygens (including phenoxy) is 1. The van der Waals surface area contributed by atoms with Crippen molar-refractivity contribution in [1.82, 2.24) is 5.01 Å². The summed E-state index contributed by atoms with van der Waals surface area (Å²) in [6, 6.07) is 0. The monoisotopic (exact) mass is 240 g/mol. The summed E-state index contributed by atoms with van der Waals surface area (Å²) >= 11 is 0. The molecular formula is C11H16N2O4. The highest BCUT2D eigenvalue weighted by Crippen LogP contribution is 2.21. The minimum absolute atomic E-state index is 0.0224. The van der Waals surface area contributed by atoms with E-state index in [1.54, 1.807) is 0 Å². The Labute approximate surface area is 99.2 Å². The van der Waals surface area contributed by atoms with E-state index >= 15 is 0 Å². The average molecular weight is 240 g/mol. The molecule has 2 atom stereocenters. The van der Waals surface area contributed by atoms with Crippen LogP contribution in [0.25, 0.3) is 0 Å². The van der Waals surface area contributed by atoms with Gasteiger partial charge >= 0.3 is 5.97 Å². The number of rotatable bonds is 3. The summed E-state index contributed by atoms with van der Waals surface area (Å²) in [5.41, 5.74) is 0.0515. The van der Waals surface area contributed by atoms with Crippen LogP contribution in [-0.4, -0.2) is 46.5 Å². The lowest BCUT2D eigenvalue weighted by Crippen LogP contribution is -2.38. The van der Waals surface area contributed by atoms with E-state index in [-0.39, 0.29) is 36.7 Å². The molecule has 1 N–H and O–H groups in total. The molecule has 2 rings (SSSR count). The van der Waals surface area contributed by atoms with Gasteiger partial charge in [0.1, 0.15) is 5.71 Å². The molecule has 2 unspecified atom stereocenters. The van der Waals surface area contributed by atoms with Gasteiger partial charge in [0.25, 0.3) is 0 Å². The smallest absolute Gasteiger partial charge is 0.352 e. The van der Waals surface area contributed by atoms with Crippen molar-refractivity contribution in [3.63, 3.8) is 0 Å². The van der Waals surface area contributed by atoms with Crippen molar-refractivity contribution < 1.29 is 19.4 Å². The number of carbonyl (C=O) groups excluding carboxylic acids is 1. The molecule has 0 aromatic carbocycles. The van der Waals surface area contributed by atoms with Gasteiger partial charge in [-0.25, -0.2) is 9.80 Å². The molecule has 0 aliphatic carbocycles. The minimum Gasteiger partial charge on any atom is -0.477 e. The summed E-state index contributed by atoms with van der Waals surface area (Å²) in [4.78, 5) is 22.4. The van der Waals surface area contributed by atoms with Crippen LogP contribution < -0.4 is 0 Å². The number of nitrogens with zero attached hydrogens (tertiary/aromatic N) is 2. The lowest BCUT2D eigenvalue weighted by molar-refractivity contribution is -0.134. The second kappa shape index (κ2) is 4.83. The van der Waals surface area contributed by atoms with Crippen LogP contribution in [0.15, 0.2) is 5.10 Å². The van der Waals surface area contributed by atoms with Crippen LogP contribution in [0.2, 0.25) is 0 Å². The Morgan fingerprint density at radius 1 is 1.53 bits per heavy atom. The van der Waals surface area contributed by atoms with E-state index in [2.05, 4.69) is 5.10 Å². The molecule has 94 valence electrons. The summed E-state index contributed by atoms with van der Waals surface area (Å²) in [6.07, 6.45) is 2.49. The van der Waals surface area contributed by atoms with E-state index < -0.39 is 5.97 Å². The van der Waals surface area contributed by atoms with Gasteiger partial charge in [-0.1, -0.05) is 0 Å². The van der Waals surface area contributed by atoms with Gasteiger partial charge in [0.2, 0.25) is 5.91 Å². The number of hydrogen-bond donors (Lipinski definition) is 1. The minimum atomic E-state index is -1.05. The first kappa shape index (κ1) is 12.0. The van der Waals surface area contributed by atoms with E-state index in [9.17, 15) is 9.59 Å². The number of hydrogen-bond acceptors (Lipinski definition) is 4. The number of carboxylic acids is 1. The molecule has 6 nitrogen and oxygen atoms in total. The van der Waals surface area contributed by atoms with Crippen LogP contribution in [0.5, 0.6) is 0 Å². The topological polar surface area (TPSA) is 79.2 Å². The molecule has 2 aliphatic heterocycles. The maximum atomic E-state index is 11.6. The van der Waals surface area contributed by atoms with Crippen LogP contribution in [0.4, 0.5) is 0 Å². The van der Waals surface area contributed by atoms with Gasteiger partial charge in [-0.15, -0.1) is 0 Å². The van der Waals surface area contributed by atoms with E-state index in [4.69, 9.17) is 9.84 Å². The summed E-state index contributed by atoms with van der Waals surface area (Å²) in [7, 11) is 0. The fourth-order valence-electron chi connectivity index (χ4n) is 2.11. The van der Waals surface area contributed by atoms with Crippen LogP contribution in [-0.2, 0) is 14.3 Å². The van der Waals surface area contributed by atoms with Crippen molar-refractivity contribution >= 4 is 17.6 Å². The fraction of sp³-hybridized carbons (Fsp3) is 0.727. The second-order valence-electron chi connectivity index (χ2n) is 4.47. The molecule has 0 saturated carbocycles. The van der Waals surface area contributed by atoms with Gasteiger partial charge in [-0.3, -0.25) is 4.79 Å². The van der Waals surface area contributed by atoms with Crippen LogP contribution in [0.3, 0.4) is 0 Å². The van der Waals surface area contributed by atoms with Crippen molar-refractivity contribution in [3.05, 3.63) is 0 Å². The van der Waals surface area contributed by atoms with Gasteiger partial charge in [0, 0.05) is 12.8 Å². The highest BCUT2D eigenvalue weighted by Gasteiger charge is 2.29. The first-order valence-corrected chi connectivity index (χ1v) is 5.83. The van der Waals surface area contributed by atoms with E-state index in [0.29, 0.717) is 6.54 Å². The zero-order valence-corrected chi connectivity index (χ0v) is 9.76. The molecule has 2 aliphatic rings. The summed E-state index contributed by atoms with van der Waals surface area (Å²) in [5, 5.41) is 14.0. The maximum Gasteiger partial charge on any atom is 0.352 e. The van der Waals surface area contributed by atoms with E-state index in [0.717, 1.165) is 12.8 Å². The van der Waals surface area contributed by atoms with Gasteiger partial charge < -0.3 is 9.84 Å². The standard InChI is InChI=1S/C11H16N2O4/c1-7-2-3-8(17-7)6-13-10(14)5-4-9(12-13)11(15)16/h7-8H,2-6H2,1H3,(H,15,16). The van der Waals surface area contributed by atoms with Crippen molar-refractivity contribution in [2.75, 3.05) is 6.54 Å². The molecule has 17 heavy (non-hydrogen) atoms. The van der Waals surface area contributed by atoms with Gasteiger partial charge in [-0.05, 0) is 19.8 Å². The quantitative estimate of drug-likeness (QED) is 0.784. The van der Waals surface area contributed by atoms with Gasteiger partial charge in [-0.2, -0.15) is 5.10 Å². The SMILES string of the molecule is CC1CCC(CN2N=C(C(=O)O)CCC2=O)O1. The highest BCUT2D eigenvalue weighted by atomic mass is 16.5. The van der Waals surface area contributed by atoms with Crippen molar-refractivity contribution in [3.8, 4) is 0 Å². The zero-order valence-electron chi connectivity index (χ0n) is 9.76. The summed E-state index contributed by atoms with van der Waals surface area (Å²) in [6.45, 7) is 2.35. The van der Waals surface area contributed by atoms with E-state index in [1.807, 2.05) is 6.92 Å². The molecule has 0 aromatic rings. The largest absolute Gasteiger partial charge is 0.477 e. The number of carbonyl (C=O) groups is 2. The summed E-state index contributed by atoms with van der Waals surface area (Å²) < 4.78 is 5.60. The molecule has 1 fully saturated rings. The van der Waals surface area contributed by atoms with Crippen molar-refractivity contribution in [2.45, 2.75) is 44.8 Å². The first-order chi connectivity index (χ1) is 8.06.